The topological polar surface area (TPSA) is 70.2 Å². The van der Waals surface area contributed by atoms with Gasteiger partial charge in [0.15, 0.2) is 12.4 Å². The zero-order valence-electron chi connectivity index (χ0n) is 15.5. The number of benzene rings is 1. The van der Waals surface area contributed by atoms with Crippen LogP contribution in [-0.4, -0.2) is 20.7 Å². The molecule has 0 aliphatic rings. The molecule has 26 heavy (non-hydrogen) atoms. The van der Waals surface area contributed by atoms with Gasteiger partial charge in [0.05, 0.1) is 5.56 Å². The average molecular weight is 353 g/mol. The van der Waals surface area contributed by atoms with E-state index in [2.05, 4.69) is 26.8 Å². The van der Waals surface area contributed by atoms with Crippen molar-refractivity contribution in [3.63, 3.8) is 0 Å². The number of ether oxygens (including phenoxy) is 1. The highest BCUT2D eigenvalue weighted by molar-refractivity contribution is 5.91. The van der Waals surface area contributed by atoms with E-state index in [0.717, 1.165) is 11.4 Å². The fourth-order valence-electron chi connectivity index (χ4n) is 2.78. The first kappa shape index (κ1) is 17.9. The van der Waals surface area contributed by atoms with E-state index in [1.165, 1.54) is 5.56 Å². The summed E-state index contributed by atoms with van der Waals surface area (Å²) in [5.41, 5.74) is 3.63. The largest absolute Gasteiger partial charge is 0.452 e. The maximum absolute atomic E-state index is 12.5. The molecule has 1 aromatic carbocycles. The number of carbonyl (C=O) groups excluding carboxylic acids is 1. The highest BCUT2D eigenvalue weighted by atomic mass is 16.6. The fraction of sp³-hybridized carbons (Fsp3) is 0.350. The molecule has 0 fully saturated rings. The number of nitrogens with zero attached hydrogens (tertiary/aromatic N) is 3. The Hall–Kier alpha value is -2.89. The maximum Gasteiger partial charge on any atom is 0.340 e. The van der Waals surface area contributed by atoms with E-state index in [1.807, 2.05) is 52.0 Å². The van der Waals surface area contributed by atoms with Crippen LogP contribution in [0.4, 0.5) is 0 Å². The van der Waals surface area contributed by atoms with Crippen LogP contribution in [0, 0.1) is 13.8 Å². The van der Waals surface area contributed by atoms with Crippen molar-refractivity contribution in [1.82, 2.24) is 14.7 Å². The molecule has 0 saturated carbocycles. The Morgan fingerprint density at radius 1 is 1.23 bits per heavy atom. The second-order valence-corrected chi connectivity index (χ2v) is 6.63. The Kier molecular flexibility index (Phi) is 5.21. The smallest absolute Gasteiger partial charge is 0.340 e. The van der Waals surface area contributed by atoms with Crippen LogP contribution in [-0.2, 0) is 17.9 Å². The lowest BCUT2D eigenvalue weighted by Gasteiger charge is -2.10. The first-order valence-corrected chi connectivity index (χ1v) is 8.66. The van der Waals surface area contributed by atoms with Crippen molar-refractivity contribution in [3.8, 4) is 0 Å². The van der Waals surface area contributed by atoms with Crippen LogP contribution in [0.1, 0.15) is 58.8 Å². The van der Waals surface area contributed by atoms with Gasteiger partial charge in [0.25, 0.3) is 5.89 Å². The van der Waals surface area contributed by atoms with Crippen LogP contribution in [0.15, 0.2) is 40.9 Å². The molecule has 0 aliphatic heterocycles. The van der Waals surface area contributed by atoms with Crippen molar-refractivity contribution in [2.75, 3.05) is 0 Å². The highest BCUT2D eigenvalue weighted by Gasteiger charge is 2.18. The molecule has 0 atom stereocenters. The molecule has 3 aromatic rings. The molecule has 0 amide bonds. The zero-order chi connectivity index (χ0) is 18.7. The molecule has 0 spiro atoms. The van der Waals surface area contributed by atoms with Crippen molar-refractivity contribution in [2.45, 2.75) is 46.8 Å². The third kappa shape index (κ3) is 3.85. The van der Waals surface area contributed by atoms with E-state index < -0.39 is 0 Å². The maximum atomic E-state index is 12.5. The van der Waals surface area contributed by atoms with Gasteiger partial charge in [-0.2, -0.15) is 4.98 Å². The van der Waals surface area contributed by atoms with Crippen molar-refractivity contribution < 1.29 is 14.1 Å². The summed E-state index contributed by atoms with van der Waals surface area (Å²) < 4.78 is 12.6. The van der Waals surface area contributed by atoms with E-state index >= 15 is 0 Å². The van der Waals surface area contributed by atoms with Gasteiger partial charge < -0.3 is 13.8 Å². The summed E-state index contributed by atoms with van der Waals surface area (Å²) in [5.74, 6) is 0.694. The molecule has 0 saturated heterocycles. The van der Waals surface area contributed by atoms with E-state index in [1.54, 1.807) is 0 Å². The minimum Gasteiger partial charge on any atom is -0.452 e. The summed E-state index contributed by atoms with van der Waals surface area (Å²) in [6.07, 6.45) is 0. The molecular formula is C20H23N3O3. The van der Waals surface area contributed by atoms with Gasteiger partial charge >= 0.3 is 5.97 Å². The summed E-state index contributed by atoms with van der Waals surface area (Å²) in [4.78, 5) is 16.7. The number of aromatic nitrogens is 3. The second kappa shape index (κ2) is 7.56. The van der Waals surface area contributed by atoms with E-state index in [0.29, 0.717) is 23.8 Å². The molecule has 0 N–H and O–H groups in total. The van der Waals surface area contributed by atoms with Gasteiger partial charge in [-0.1, -0.05) is 49.3 Å². The quantitative estimate of drug-likeness (QED) is 0.626. The zero-order valence-corrected chi connectivity index (χ0v) is 15.5. The van der Waals surface area contributed by atoms with E-state index in [9.17, 15) is 4.79 Å². The van der Waals surface area contributed by atoms with Crippen LogP contribution in [0.2, 0.25) is 0 Å². The summed E-state index contributed by atoms with van der Waals surface area (Å²) in [7, 11) is 0. The number of aryl methyl sites for hydroxylation is 1. The predicted octanol–water partition coefficient (Wildman–Crippen LogP) is 4.02. The second-order valence-electron chi connectivity index (χ2n) is 6.63. The van der Waals surface area contributed by atoms with Crippen LogP contribution < -0.4 is 0 Å². The molecule has 0 aliphatic carbocycles. The highest BCUT2D eigenvalue weighted by Crippen LogP contribution is 2.19. The van der Waals surface area contributed by atoms with Crippen molar-refractivity contribution in [3.05, 3.63) is 70.6 Å². The van der Waals surface area contributed by atoms with Gasteiger partial charge in [0.2, 0.25) is 0 Å². The Labute approximate surface area is 152 Å². The number of hydrogen-bond donors (Lipinski definition) is 0. The third-order valence-electron chi connectivity index (χ3n) is 4.30. The molecule has 6 nitrogen and oxygen atoms in total. The lowest BCUT2D eigenvalue weighted by atomic mass is 10.2. The molecule has 2 heterocycles. The summed E-state index contributed by atoms with van der Waals surface area (Å²) >= 11 is 0. The van der Waals surface area contributed by atoms with E-state index in [-0.39, 0.29) is 18.5 Å². The van der Waals surface area contributed by atoms with Crippen LogP contribution in [0.25, 0.3) is 0 Å². The SMILES string of the molecule is Cc1cc(C(=O)OCc2nc(C(C)C)no2)c(C)n1Cc1ccccc1. The minimum absolute atomic E-state index is 0.0269. The normalized spacial score (nSPS) is 11.1. The number of esters is 1. The first-order chi connectivity index (χ1) is 12.5. The molecule has 3 rings (SSSR count). The fourth-order valence-corrected chi connectivity index (χ4v) is 2.78. The Balaban J connectivity index is 1.70. The van der Waals surface area contributed by atoms with Crippen molar-refractivity contribution in [2.24, 2.45) is 0 Å². The molecule has 0 unspecified atom stereocenters. The molecule has 2 aromatic heterocycles. The van der Waals surface area contributed by atoms with Crippen LogP contribution in [0.3, 0.4) is 0 Å². The first-order valence-electron chi connectivity index (χ1n) is 8.66. The van der Waals surface area contributed by atoms with Gasteiger partial charge in [-0.05, 0) is 25.5 Å². The number of hydrogen-bond acceptors (Lipinski definition) is 5. The molecule has 0 radical (unpaired) electrons. The van der Waals surface area contributed by atoms with Crippen LogP contribution in [0.5, 0.6) is 0 Å². The molecule has 136 valence electrons. The average Bonchev–Trinajstić information content (AvgIpc) is 3.21. The van der Waals surface area contributed by atoms with Gasteiger partial charge in [0.1, 0.15) is 0 Å². The van der Waals surface area contributed by atoms with E-state index in [4.69, 9.17) is 9.26 Å². The Morgan fingerprint density at radius 2 is 1.96 bits per heavy atom. The number of rotatable bonds is 6. The lowest BCUT2D eigenvalue weighted by molar-refractivity contribution is 0.0429. The van der Waals surface area contributed by atoms with Gasteiger partial charge in [-0.15, -0.1) is 0 Å². The lowest BCUT2D eigenvalue weighted by Crippen LogP contribution is -2.09. The van der Waals surface area contributed by atoms with Gasteiger partial charge in [-0.25, -0.2) is 4.79 Å². The van der Waals surface area contributed by atoms with Crippen molar-refractivity contribution in [1.29, 1.82) is 0 Å². The third-order valence-corrected chi connectivity index (χ3v) is 4.30. The standard InChI is InChI=1S/C20H23N3O3/c1-13(2)19-21-18(26-22-19)12-25-20(24)17-10-14(3)23(15(17)4)11-16-8-6-5-7-9-16/h5-10,13H,11-12H2,1-4H3. The van der Waals surface area contributed by atoms with Crippen molar-refractivity contribution >= 4 is 5.97 Å². The summed E-state index contributed by atoms with van der Waals surface area (Å²) in [5, 5.41) is 3.87. The van der Waals surface area contributed by atoms with Gasteiger partial charge in [0, 0.05) is 23.9 Å². The Bertz CT molecular complexity index is 894. The van der Waals surface area contributed by atoms with Gasteiger partial charge in [-0.3, -0.25) is 0 Å². The number of carbonyl (C=O) groups is 1. The summed E-state index contributed by atoms with van der Waals surface area (Å²) in [6, 6.07) is 12.0. The predicted molar refractivity (Wildman–Crippen MR) is 97.0 cm³/mol. The molecular weight excluding hydrogens is 330 g/mol. The summed E-state index contributed by atoms with van der Waals surface area (Å²) in [6.45, 7) is 8.55. The Morgan fingerprint density at radius 3 is 2.62 bits per heavy atom. The minimum atomic E-state index is -0.387. The monoisotopic (exact) mass is 353 g/mol. The molecule has 0 bridgehead atoms. The van der Waals surface area contributed by atoms with Crippen LogP contribution >= 0.6 is 0 Å². The molecule has 6 heteroatoms.